The summed E-state index contributed by atoms with van der Waals surface area (Å²) in [4.78, 5) is 39.0. The van der Waals surface area contributed by atoms with E-state index in [9.17, 15) is 14.4 Å². The minimum absolute atomic E-state index is 0.0233. The lowest BCUT2D eigenvalue weighted by Gasteiger charge is -2.51. The fourth-order valence-corrected chi connectivity index (χ4v) is 4.20. The van der Waals surface area contributed by atoms with Crippen LogP contribution in [-0.4, -0.2) is 40.7 Å². The van der Waals surface area contributed by atoms with Crippen molar-refractivity contribution in [2.24, 2.45) is 11.7 Å². The molecule has 2 fully saturated rings. The number of carbonyl (C=O) groups is 3. The molecule has 1 aromatic carbocycles. The minimum atomic E-state index is -0.975. The number of carbonyl (C=O) groups excluding carboxylic acids is 3. The number of hydrogen-bond donors (Lipinski definition) is 2. The van der Waals surface area contributed by atoms with Crippen LogP contribution in [0.15, 0.2) is 36.4 Å². The minimum Gasteiger partial charge on any atom is -0.368 e. The van der Waals surface area contributed by atoms with Crippen molar-refractivity contribution in [1.82, 2.24) is 10.2 Å². The van der Waals surface area contributed by atoms with Gasteiger partial charge in [0.2, 0.25) is 17.7 Å². The highest BCUT2D eigenvalue weighted by molar-refractivity contribution is 5.99. The maximum absolute atomic E-state index is 12.7. The third kappa shape index (κ3) is 3.23. The van der Waals surface area contributed by atoms with Gasteiger partial charge in [0, 0.05) is 12.6 Å². The summed E-state index contributed by atoms with van der Waals surface area (Å²) in [6.07, 6.45) is 5.69. The van der Waals surface area contributed by atoms with Crippen LogP contribution < -0.4 is 11.1 Å². The molecule has 26 heavy (non-hydrogen) atoms. The number of likely N-dealkylation sites (tertiary alicyclic amines) is 1. The largest absolute Gasteiger partial charge is 0.368 e. The number of nitrogens with two attached hydrogens (primary N) is 1. The highest BCUT2D eigenvalue weighted by Gasteiger charge is 2.54. The number of rotatable bonds is 5. The zero-order valence-corrected chi connectivity index (χ0v) is 15.0. The number of primary amides is 1. The summed E-state index contributed by atoms with van der Waals surface area (Å²) < 4.78 is 0. The molecule has 0 spiro atoms. The van der Waals surface area contributed by atoms with E-state index in [-0.39, 0.29) is 17.7 Å². The van der Waals surface area contributed by atoms with Crippen LogP contribution in [0.3, 0.4) is 0 Å². The Morgan fingerprint density at radius 1 is 1.35 bits per heavy atom. The summed E-state index contributed by atoms with van der Waals surface area (Å²) in [7, 11) is 0. The summed E-state index contributed by atoms with van der Waals surface area (Å²) in [6.45, 7) is 2.43. The molecule has 3 amide bonds. The summed E-state index contributed by atoms with van der Waals surface area (Å²) in [6, 6.07) is 9.01. The molecule has 3 atom stereocenters. The number of nitrogens with zero attached hydrogens (tertiary/aromatic N) is 1. The Kier molecular flexibility index (Phi) is 5.11. The second-order valence-corrected chi connectivity index (χ2v) is 7.09. The van der Waals surface area contributed by atoms with E-state index in [1.165, 1.54) is 6.08 Å². The van der Waals surface area contributed by atoms with Crippen LogP contribution in [0.25, 0.3) is 6.08 Å². The monoisotopic (exact) mass is 355 g/mol. The molecule has 6 heteroatoms. The first kappa shape index (κ1) is 18.2. The van der Waals surface area contributed by atoms with Crippen LogP contribution >= 0.6 is 0 Å². The zero-order valence-electron chi connectivity index (χ0n) is 15.0. The van der Waals surface area contributed by atoms with Gasteiger partial charge in [-0.25, -0.2) is 0 Å². The van der Waals surface area contributed by atoms with Gasteiger partial charge >= 0.3 is 0 Å². The van der Waals surface area contributed by atoms with Crippen LogP contribution in [-0.2, 0) is 14.4 Å². The first-order chi connectivity index (χ1) is 12.5. The lowest BCUT2D eigenvalue weighted by molar-refractivity contribution is -0.152. The van der Waals surface area contributed by atoms with Crippen LogP contribution in [0, 0.1) is 5.92 Å². The molecule has 0 radical (unpaired) electrons. The van der Waals surface area contributed by atoms with Gasteiger partial charge in [-0.3, -0.25) is 14.4 Å². The third-order valence-corrected chi connectivity index (χ3v) is 5.53. The number of nitrogens with one attached hydrogen (secondary N) is 1. The van der Waals surface area contributed by atoms with Gasteiger partial charge in [0.25, 0.3) is 0 Å². The first-order valence-electron chi connectivity index (χ1n) is 9.13. The standard InChI is InChI=1S/C20H25N3O3/c1-2-11-20(19(21)26)15-10-12-23(16(13-15)18(25)22-20)17(24)9-8-14-6-4-3-5-7-14/h3-9,15-16H,2,10-13H2,1H3,(H2,21,26)(H,22,25)/b9-8+. The van der Waals surface area contributed by atoms with Crippen molar-refractivity contribution >= 4 is 23.8 Å². The van der Waals surface area contributed by atoms with Crippen LogP contribution in [0.4, 0.5) is 0 Å². The fraction of sp³-hybridized carbons (Fsp3) is 0.450. The van der Waals surface area contributed by atoms with E-state index in [1.807, 2.05) is 37.3 Å². The number of fused-ring (bicyclic) bond motifs is 2. The molecular weight excluding hydrogens is 330 g/mol. The van der Waals surface area contributed by atoms with Gasteiger partial charge in [0.15, 0.2) is 0 Å². The molecule has 0 saturated carbocycles. The molecule has 0 aromatic heterocycles. The predicted octanol–water partition coefficient (Wildman–Crippen LogP) is 1.46. The third-order valence-electron chi connectivity index (χ3n) is 5.53. The van der Waals surface area contributed by atoms with E-state index in [0.29, 0.717) is 25.8 Å². The molecule has 3 N–H and O–H groups in total. The molecule has 2 heterocycles. The maximum Gasteiger partial charge on any atom is 0.247 e. The summed E-state index contributed by atoms with van der Waals surface area (Å²) in [5.74, 6) is -0.964. The fourth-order valence-electron chi connectivity index (χ4n) is 4.20. The number of amides is 3. The average Bonchev–Trinajstić information content (AvgIpc) is 2.65. The van der Waals surface area contributed by atoms with Gasteiger partial charge in [0.1, 0.15) is 11.6 Å². The van der Waals surface area contributed by atoms with E-state index in [2.05, 4.69) is 5.32 Å². The molecule has 2 aliphatic rings. The van der Waals surface area contributed by atoms with E-state index < -0.39 is 17.5 Å². The molecule has 6 nitrogen and oxygen atoms in total. The maximum atomic E-state index is 12.7. The normalized spacial score (nSPS) is 28.0. The molecule has 2 aliphatic heterocycles. The Labute approximate surface area is 153 Å². The molecule has 3 rings (SSSR count). The second-order valence-electron chi connectivity index (χ2n) is 7.09. The van der Waals surface area contributed by atoms with Crippen LogP contribution in [0.2, 0.25) is 0 Å². The molecule has 138 valence electrons. The highest BCUT2D eigenvalue weighted by Crippen LogP contribution is 2.38. The van der Waals surface area contributed by atoms with E-state index >= 15 is 0 Å². The van der Waals surface area contributed by atoms with Crippen molar-refractivity contribution in [3.05, 3.63) is 42.0 Å². The summed E-state index contributed by atoms with van der Waals surface area (Å²) in [5, 5.41) is 2.86. The van der Waals surface area contributed by atoms with Crippen LogP contribution in [0.1, 0.15) is 38.2 Å². The second kappa shape index (κ2) is 7.32. The number of piperidine rings is 2. The SMILES string of the molecule is CCCC1(C(N)=O)NC(=O)C2CC1CCN2C(=O)/C=C/c1ccccc1. The van der Waals surface area contributed by atoms with E-state index in [1.54, 1.807) is 11.0 Å². The van der Waals surface area contributed by atoms with E-state index in [0.717, 1.165) is 12.0 Å². The topological polar surface area (TPSA) is 92.5 Å². The van der Waals surface area contributed by atoms with Gasteiger partial charge in [-0.15, -0.1) is 0 Å². The molecule has 1 aromatic rings. The van der Waals surface area contributed by atoms with Gasteiger partial charge in [-0.05, 0) is 36.8 Å². The van der Waals surface area contributed by atoms with Crippen molar-refractivity contribution < 1.29 is 14.4 Å². The number of benzene rings is 1. The zero-order chi connectivity index (χ0) is 18.7. The Bertz CT molecular complexity index is 731. The molecule has 2 saturated heterocycles. The summed E-state index contributed by atoms with van der Waals surface area (Å²) in [5.41, 5.74) is 5.60. The average molecular weight is 355 g/mol. The Morgan fingerprint density at radius 3 is 2.73 bits per heavy atom. The van der Waals surface area contributed by atoms with Crippen LogP contribution in [0.5, 0.6) is 0 Å². The van der Waals surface area contributed by atoms with Crippen molar-refractivity contribution in [3.63, 3.8) is 0 Å². The predicted molar refractivity (Wildman–Crippen MR) is 98.7 cm³/mol. The molecule has 0 aliphatic carbocycles. The molecule has 2 bridgehead atoms. The van der Waals surface area contributed by atoms with Gasteiger partial charge < -0.3 is 16.0 Å². The van der Waals surface area contributed by atoms with Crippen molar-refractivity contribution in [2.45, 2.75) is 44.2 Å². The lowest BCUT2D eigenvalue weighted by atomic mass is 9.69. The van der Waals surface area contributed by atoms with Crippen molar-refractivity contribution in [3.8, 4) is 0 Å². The number of hydrogen-bond acceptors (Lipinski definition) is 3. The molecular formula is C20H25N3O3. The van der Waals surface area contributed by atoms with Crippen molar-refractivity contribution in [1.29, 1.82) is 0 Å². The van der Waals surface area contributed by atoms with Gasteiger partial charge in [0.05, 0.1) is 0 Å². The lowest BCUT2D eigenvalue weighted by Crippen LogP contribution is -2.72. The molecule has 3 unspecified atom stereocenters. The summed E-state index contributed by atoms with van der Waals surface area (Å²) >= 11 is 0. The smallest absolute Gasteiger partial charge is 0.247 e. The van der Waals surface area contributed by atoms with Gasteiger partial charge in [-0.1, -0.05) is 43.7 Å². The van der Waals surface area contributed by atoms with Gasteiger partial charge in [-0.2, -0.15) is 0 Å². The van der Waals surface area contributed by atoms with Crippen molar-refractivity contribution in [2.75, 3.05) is 6.54 Å². The Morgan fingerprint density at radius 2 is 2.08 bits per heavy atom. The Hall–Kier alpha value is -2.63. The van der Waals surface area contributed by atoms with E-state index in [4.69, 9.17) is 5.73 Å². The highest BCUT2D eigenvalue weighted by atomic mass is 16.2. The first-order valence-corrected chi connectivity index (χ1v) is 9.13. The quantitative estimate of drug-likeness (QED) is 0.783. The Balaban J connectivity index is 1.75.